The van der Waals surface area contributed by atoms with E-state index < -0.39 is 11.8 Å². The van der Waals surface area contributed by atoms with Crippen molar-refractivity contribution in [3.63, 3.8) is 0 Å². The third kappa shape index (κ3) is 3.36. The van der Waals surface area contributed by atoms with Crippen LogP contribution < -0.4 is 5.32 Å². The molecule has 26 heavy (non-hydrogen) atoms. The Labute approximate surface area is 153 Å². The van der Waals surface area contributed by atoms with Crippen molar-refractivity contribution in [2.75, 3.05) is 6.61 Å². The molecule has 140 valence electrons. The molecule has 0 spiro atoms. The van der Waals surface area contributed by atoms with Crippen molar-refractivity contribution >= 4 is 11.9 Å². The highest BCUT2D eigenvalue weighted by Gasteiger charge is 2.53. The van der Waals surface area contributed by atoms with Gasteiger partial charge in [0.1, 0.15) is 5.82 Å². The predicted molar refractivity (Wildman–Crippen MR) is 94.9 cm³/mol. The number of benzene rings is 1. The van der Waals surface area contributed by atoms with E-state index in [4.69, 9.17) is 4.74 Å². The second kappa shape index (κ2) is 6.67. The summed E-state index contributed by atoms with van der Waals surface area (Å²) in [7, 11) is 0. The Kier molecular flexibility index (Phi) is 4.49. The number of carbonyl (C=O) groups excluding carboxylic acids is 2. The predicted octanol–water partition coefficient (Wildman–Crippen LogP) is 3.70. The van der Waals surface area contributed by atoms with Gasteiger partial charge in [0.05, 0.1) is 5.56 Å². The maximum absolute atomic E-state index is 12.9. The van der Waals surface area contributed by atoms with Crippen LogP contribution in [0.25, 0.3) is 0 Å². The van der Waals surface area contributed by atoms with E-state index >= 15 is 0 Å². The van der Waals surface area contributed by atoms with Crippen LogP contribution >= 0.6 is 0 Å². The Balaban J connectivity index is 1.31. The quantitative estimate of drug-likeness (QED) is 0.816. The fourth-order valence-electron chi connectivity index (χ4n) is 5.94. The molecule has 0 saturated heterocycles. The van der Waals surface area contributed by atoms with E-state index in [0.29, 0.717) is 0 Å². The van der Waals surface area contributed by atoms with Crippen LogP contribution in [0.2, 0.25) is 0 Å². The molecule has 1 N–H and O–H groups in total. The average molecular weight is 359 g/mol. The SMILES string of the molecule is C[C@@H](NC(=O)COC(=O)c1ccc(F)cc1)C12CC3CC(CC(C3)C1)C2. The number of carbonyl (C=O) groups is 2. The summed E-state index contributed by atoms with van der Waals surface area (Å²) in [6.45, 7) is 1.81. The highest BCUT2D eigenvalue weighted by Crippen LogP contribution is 2.61. The molecular formula is C21H26FNO3. The van der Waals surface area contributed by atoms with Gasteiger partial charge in [0.15, 0.2) is 6.61 Å². The second-order valence-corrected chi connectivity index (χ2v) is 8.65. The molecule has 1 atom stereocenters. The van der Waals surface area contributed by atoms with E-state index in [1.54, 1.807) is 0 Å². The van der Waals surface area contributed by atoms with Gasteiger partial charge in [-0.2, -0.15) is 0 Å². The van der Waals surface area contributed by atoms with Crippen LogP contribution in [0.5, 0.6) is 0 Å². The van der Waals surface area contributed by atoms with Crippen molar-refractivity contribution in [3.05, 3.63) is 35.6 Å². The molecule has 0 aliphatic heterocycles. The largest absolute Gasteiger partial charge is 0.452 e. The lowest BCUT2D eigenvalue weighted by Gasteiger charge is -2.59. The smallest absolute Gasteiger partial charge is 0.338 e. The molecular weight excluding hydrogens is 333 g/mol. The summed E-state index contributed by atoms with van der Waals surface area (Å²) in [4.78, 5) is 24.2. The van der Waals surface area contributed by atoms with Crippen molar-refractivity contribution in [3.8, 4) is 0 Å². The number of ether oxygens (including phenoxy) is 1. The summed E-state index contributed by atoms with van der Waals surface area (Å²) in [6, 6.07) is 5.21. The van der Waals surface area contributed by atoms with Gasteiger partial charge in [-0.1, -0.05) is 0 Å². The first-order valence-corrected chi connectivity index (χ1v) is 9.65. The summed E-state index contributed by atoms with van der Waals surface area (Å²) >= 11 is 0. The highest BCUT2D eigenvalue weighted by molar-refractivity contribution is 5.91. The van der Waals surface area contributed by atoms with E-state index in [1.807, 2.05) is 0 Å². The second-order valence-electron chi connectivity index (χ2n) is 8.65. The molecule has 5 rings (SSSR count). The molecule has 1 aromatic carbocycles. The summed E-state index contributed by atoms with van der Waals surface area (Å²) in [5.41, 5.74) is 0.471. The molecule has 1 aromatic rings. The van der Waals surface area contributed by atoms with E-state index in [9.17, 15) is 14.0 Å². The van der Waals surface area contributed by atoms with Crippen LogP contribution in [-0.2, 0) is 9.53 Å². The van der Waals surface area contributed by atoms with Gasteiger partial charge < -0.3 is 10.1 Å². The Bertz CT molecular complexity index is 664. The van der Waals surface area contributed by atoms with Crippen LogP contribution in [0.4, 0.5) is 4.39 Å². The maximum Gasteiger partial charge on any atom is 0.338 e. The minimum atomic E-state index is -0.609. The lowest BCUT2D eigenvalue weighted by Crippen LogP contribution is -2.56. The number of nitrogens with one attached hydrogen (secondary N) is 1. The molecule has 0 aromatic heterocycles. The van der Waals surface area contributed by atoms with E-state index in [1.165, 1.54) is 62.8 Å². The molecule has 1 amide bonds. The Morgan fingerprint density at radius 2 is 1.65 bits per heavy atom. The number of rotatable bonds is 5. The van der Waals surface area contributed by atoms with Crippen LogP contribution in [-0.4, -0.2) is 24.5 Å². The molecule has 4 nitrogen and oxygen atoms in total. The number of hydrogen-bond donors (Lipinski definition) is 1. The van der Waals surface area contributed by atoms with Gasteiger partial charge in [-0.05, 0) is 92.9 Å². The van der Waals surface area contributed by atoms with Crippen LogP contribution in [0.1, 0.15) is 55.8 Å². The summed E-state index contributed by atoms with van der Waals surface area (Å²) in [5, 5.41) is 3.08. The topological polar surface area (TPSA) is 55.4 Å². The third-order valence-corrected chi connectivity index (χ3v) is 6.80. The van der Waals surface area contributed by atoms with Gasteiger partial charge in [0.25, 0.3) is 5.91 Å². The Hall–Kier alpha value is -1.91. The van der Waals surface area contributed by atoms with Crippen molar-refractivity contribution in [1.29, 1.82) is 0 Å². The van der Waals surface area contributed by atoms with Crippen molar-refractivity contribution in [2.45, 2.75) is 51.5 Å². The third-order valence-electron chi connectivity index (χ3n) is 6.80. The molecule has 0 radical (unpaired) electrons. The van der Waals surface area contributed by atoms with E-state index in [2.05, 4.69) is 12.2 Å². The first kappa shape index (κ1) is 17.5. The number of esters is 1. The molecule has 0 heterocycles. The number of halogens is 1. The molecule has 0 unspecified atom stereocenters. The van der Waals surface area contributed by atoms with Crippen LogP contribution in [0, 0.1) is 29.0 Å². The van der Waals surface area contributed by atoms with Gasteiger partial charge >= 0.3 is 5.97 Å². The zero-order valence-corrected chi connectivity index (χ0v) is 15.2. The summed E-state index contributed by atoms with van der Waals surface area (Å²) in [6.07, 6.45) is 7.76. The Morgan fingerprint density at radius 3 is 2.19 bits per heavy atom. The zero-order chi connectivity index (χ0) is 18.3. The van der Waals surface area contributed by atoms with Gasteiger partial charge in [0.2, 0.25) is 0 Å². The first-order valence-electron chi connectivity index (χ1n) is 9.65. The van der Waals surface area contributed by atoms with Crippen molar-refractivity contribution in [1.82, 2.24) is 5.32 Å². The number of hydrogen-bond acceptors (Lipinski definition) is 3. The minimum absolute atomic E-state index is 0.105. The monoisotopic (exact) mass is 359 g/mol. The van der Waals surface area contributed by atoms with Crippen LogP contribution in [0.3, 0.4) is 0 Å². The normalized spacial score (nSPS) is 32.9. The Morgan fingerprint density at radius 1 is 1.12 bits per heavy atom. The highest BCUT2D eigenvalue weighted by atomic mass is 19.1. The lowest BCUT2D eigenvalue weighted by atomic mass is 9.48. The first-order chi connectivity index (χ1) is 12.4. The van der Waals surface area contributed by atoms with E-state index in [-0.39, 0.29) is 29.5 Å². The van der Waals surface area contributed by atoms with E-state index in [0.717, 1.165) is 17.8 Å². The fourth-order valence-corrected chi connectivity index (χ4v) is 5.94. The number of amides is 1. The fraction of sp³-hybridized carbons (Fsp3) is 0.619. The maximum atomic E-state index is 12.9. The molecule has 4 fully saturated rings. The van der Waals surface area contributed by atoms with Crippen molar-refractivity contribution < 1.29 is 18.7 Å². The van der Waals surface area contributed by atoms with Gasteiger partial charge in [-0.25, -0.2) is 9.18 Å². The lowest BCUT2D eigenvalue weighted by molar-refractivity contribution is -0.128. The minimum Gasteiger partial charge on any atom is -0.452 e. The summed E-state index contributed by atoms with van der Waals surface area (Å²) < 4.78 is 18.0. The molecule has 4 bridgehead atoms. The molecule has 4 saturated carbocycles. The molecule has 5 heteroatoms. The average Bonchev–Trinajstić information content (AvgIpc) is 2.59. The molecule has 4 aliphatic rings. The standard InChI is InChI=1S/C21H26FNO3/c1-13(21-9-14-6-15(10-21)8-16(7-14)11-21)23-19(24)12-26-20(25)17-2-4-18(22)5-3-17/h2-5,13-16H,6-12H2,1H3,(H,23,24)/t13-,14?,15?,16?,21?/m1/s1. The van der Waals surface area contributed by atoms with Crippen molar-refractivity contribution in [2.24, 2.45) is 23.2 Å². The zero-order valence-electron chi connectivity index (χ0n) is 15.2. The van der Waals surface area contributed by atoms with Crippen LogP contribution in [0.15, 0.2) is 24.3 Å². The summed E-state index contributed by atoms with van der Waals surface area (Å²) in [5.74, 6) is 1.21. The van der Waals surface area contributed by atoms with Gasteiger partial charge in [0, 0.05) is 6.04 Å². The van der Waals surface area contributed by atoms with Gasteiger partial charge in [-0.3, -0.25) is 4.79 Å². The molecule has 4 aliphatic carbocycles. The van der Waals surface area contributed by atoms with Gasteiger partial charge in [-0.15, -0.1) is 0 Å².